The molecule has 0 aliphatic carbocycles. The predicted octanol–water partition coefficient (Wildman–Crippen LogP) is 3.32. The van der Waals surface area contributed by atoms with Gasteiger partial charge in [0, 0.05) is 7.05 Å². The standard InChI is InChI=1S/C19H23N3O2S/c1-13-7-14(2)9-16(8-13)12-24-17-6-5-15(10-18(17)23-4)11-21-22-19(25)20-3/h5-11H,12H2,1-4H3,(H2,20,22,25). The summed E-state index contributed by atoms with van der Waals surface area (Å²) in [5.74, 6) is 1.35. The Morgan fingerprint density at radius 2 is 1.84 bits per heavy atom. The zero-order chi connectivity index (χ0) is 18.2. The molecule has 0 radical (unpaired) electrons. The second kappa shape index (κ2) is 9.03. The first-order chi connectivity index (χ1) is 12.0. The molecular formula is C19H23N3O2S. The summed E-state index contributed by atoms with van der Waals surface area (Å²) in [6.07, 6.45) is 1.67. The zero-order valence-corrected chi connectivity index (χ0v) is 15.7. The molecule has 0 aliphatic heterocycles. The van der Waals surface area contributed by atoms with Gasteiger partial charge in [0.15, 0.2) is 16.6 Å². The number of rotatable bonds is 6. The van der Waals surface area contributed by atoms with Crippen LogP contribution >= 0.6 is 12.2 Å². The fraction of sp³-hybridized carbons (Fsp3) is 0.263. The minimum absolute atomic E-state index is 0.455. The van der Waals surface area contributed by atoms with Gasteiger partial charge in [0.05, 0.1) is 13.3 Å². The summed E-state index contributed by atoms with van der Waals surface area (Å²) in [5.41, 5.74) is 7.17. The van der Waals surface area contributed by atoms with Crippen LogP contribution in [0.25, 0.3) is 0 Å². The first-order valence-electron chi connectivity index (χ1n) is 7.90. The van der Waals surface area contributed by atoms with E-state index in [0.717, 1.165) is 11.1 Å². The third kappa shape index (κ3) is 5.76. The van der Waals surface area contributed by atoms with E-state index in [4.69, 9.17) is 21.7 Å². The van der Waals surface area contributed by atoms with E-state index in [1.807, 2.05) is 18.2 Å². The van der Waals surface area contributed by atoms with Crippen molar-refractivity contribution in [2.75, 3.05) is 14.2 Å². The van der Waals surface area contributed by atoms with Crippen LogP contribution < -0.4 is 20.2 Å². The normalized spacial score (nSPS) is 10.6. The van der Waals surface area contributed by atoms with Crippen LogP contribution in [-0.4, -0.2) is 25.5 Å². The van der Waals surface area contributed by atoms with E-state index in [1.54, 1.807) is 20.4 Å². The maximum atomic E-state index is 5.92. The molecule has 0 spiro atoms. The van der Waals surface area contributed by atoms with Crippen LogP contribution in [0.3, 0.4) is 0 Å². The average Bonchev–Trinajstić information content (AvgIpc) is 2.59. The van der Waals surface area contributed by atoms with Gasteiger partial charge in [-0.2, -0.15) is 5.10 Å². The number of hydrogen-bond donors (Lipinski definition) is 2. The van der Waals surface area contributed by atoms with Gasteiger partial charge in [-0.3, -0.25) is 5.43 Å². The van der Waals surface area contributed by atoms with Gasteiger partial charge in [0.2, 0.25) is 0 Å². The highest BCUT2D eigenvalue weighted by atomic mass is 32.1. The number of hydrogen-bond acceptors (Lipinski definition) is 4. The van der Waals surface area contributed by atoms with Crippen LogP contribution in [0.2, 0.25) is 0 Å². The molecule has 0 fully saturated rings. The first kappa shape index (κ1) is 18.7. The molecule has 25 heavy (non-hydrogen) atoms. The van der Waals surface area contributed by atoms with E-state index in [0.29, 0.717) is 23.2 Å². The molecule has 132 valence electrons. The summed E-state index contributed by atoms with van der Waals surface area (Å²) in [6, 6.07) is 12.0. The van der Waals surface area contributed by atoms with Gasteiger partial charge in [-0.05, 0) is 55.4 Å². The number of nitrogens with zero attached hydrogens (tertiary/aromatic N) is 1. The van der Waals surface area contributed by atoms with E-state index >= 15 is 0 Å². The Kier molecular flexibility index (Phi) is 6.77. The fourth-order valence-corrected chi connectivity index (χ4v) is 2.47. The number of thiocarbonyl (C=S) groups is 1. The van der Waals surface area contributed by atoms with Crippen molar-refractivity contribution in [2.24, 2.45) is 5.10 Å². The van der Waals surface area contributed by atoms with Crippen molar-refractivity contribution in [1.29, 1.82) is 0 Å². The Hall–Kier alpha value is -2.60. The van der Waals surface area contributed by atoms with Crippen LogP contribution in [0.4, 0.5) is 0 Å². The van der Waals surface area contributed by atoms with Crippen molar-refractivity contribution in [3.63, 3.8) is 0 Å². The molecule has 0 heterocycles. The molecule has 0 aromatic heterocycles. The van der Waals surface area contributed by atoms with E-state index in [9.17, 15) is 0 Å². The van der Waals surface area contributed by atoms with Crippen molar-refractivity contribution in [3.8, 4) is 11.5 Å². The number of hydrazone groups is 1. The predicted molar refractivity (Wildman–Crippen MR) is 106 cm³/mol. The summed E-state index contributed by atoms with van der Waals surface area (Å²) in [5, 5.41) is 7.30. The fourth-order valence-electron chi connectivity index (χ4n) is 2.42. The highest BCUT2D eigenvalue weighted by Crippen LogP contribution is 2.28. The van der Waals surface area contributed by atoms with Gasteiger partial charge in [-0.15, -0.1) is 0 Å². The highest BCUT2D eigenvalue weighted by Gasteiger charge is 2.06. The molecular weight excluding hydrogens is 334 g/mol. The molecule has 0 atom stereocenters. The number of methoxy groups -OCH3 is 1. The largest absolute Gasteiger partial charge is 0.493 e. The van der Waals surface area contributed by atoms with Crippen LogP contribution in [0.5, 0.6) is 11.5 Å². The smallest absolute Gasteiger partial charge is 0.186 e. The van der Waals surface area contributed by atoms with Crippen molar-refractivity contribution < 1.29 is 9.47 Å². The minimum atomic E-state index is 0.455. The monoisotopic (exact) mass is 357 g/mol. The van der Waals surface area contributed by atoms with Gasteiger partial charge in [0.1, 0.15) is 6.61 Å². The lowest BCUT2D eigenvalue weighted by Gasteiger charge is -2.12. The summed E-state index contributed by atoms with van der Waals surface area (Å²) >= 11 is 4.96. The third-order valence-electron chi connectivity index (χ3n) is 3.47. The molecule has 0 saturated heterocycles. The van der Waals surface area contributed by atoms with E-state index in [-0.39, 0.29) is 0 Å². The maximum absolute atomic E-state index is 5.92. The van der Waals surface area contributed by atoms with Crippen LogP contribution in [0, 0.1) is 13.8 Å². The zero-order valence-electron chi connectivity index (χ0n) is 14.9. The molecule has 6 heteroatoms. The summed E-state index contributed by atoms with van der Waals surface area (Å²) in [4.78, 5) is 0. The Labute approximate surface area is 154 Å². The van der Waals surface area contributed by atoms with Crippen LogP contribution in [0.1, 0.15) is 22.3 Å². The molecule has 5 nitrogen and oxygen atoms in total. The second-order valence-corrected chi connectivity index (χ2v) is 6.05. The van der Waals surface area contributed by atoms with Crippen molar-refractivity contribution in [3.05, 3.63) is 58.7 Å². The minimum Gasteiger partial charge on any atom is -0.493 e. The number of ether oxygens (including phenoxy) is 2. The third-order valence-corrected chi connectivity index (χ3v) is 3.77. The Balaban J connectivity index is 2.07. The van der Waals surface area contributed by atoms with Gasteiger partial charge in [-0.25, -0.2) is 0 Å². The maximum Gasteiger partial charge on any atom is 0.186 e. The second-order valence-electron chi connectivity index (χ2n) is 5.64. The van der Waals surface area contributed by atoms with E-state index in [2.05, 4.69) is 47.9 Å². The topological polar surface area (TPSA) is 54.9 Å². The Morgan fingerprint density at radius 1 is 1.12 bits per heavy atom. The van der Waals surface area contributed by atoms with Crippen LogP contribution in [0.15, 0.2) is 41.5 Å². The molecule has 0 amide bonds. The van der Waals surface area contributed by atoms with Gasteiger partial charge in [-0.1, -0.05) is 29.3 Å². The van der Waals surface area contributed by atoms with E-state index < -0.39 is 0 Å². The molecule has 0 aliphatic rings. The molecule has 0 unspecified atom stereocenters. The Morgan fingerprint density at radius 3 is 2.48 bits per heavy atom. The molecule has 0 saturated carbocycles. The highest BCUT2D eigenvalue weighted by molar-refractivity contribution is 7.80. The lowest BCUT2D eigenvalue weighted by Crippen LogP contribution is -2.28. The molecule has 2 rings (SSSR count). The molecule has 2 aromatic carbocycles. The molecule has 0 bridgehead atoms. The lowest BCUT2D eigenvalue weighted by atomic mass is 10.1. The van der Waals surface area contributed by atoms with Gasteiger partial charge >= 0.3 is 0 Å². The van der Waals surface area contributed by atoms with Crippen molar-refractivity contribution >= 4 is 23.5 Å². The van der Waals surface area contributed by atoms with E-state index in [1.165, 1.54) is 11.1 Å². The van der Waals surface area contributed by atoms with Crippen molar-refractivity contribution in [1.82, 2.24) is 10.7 Å². The molecule has 2 aromatic rings. The van der Waals surface area contributed by atoms with Gasteiger partial charge in [0.25, 0.3) is 0 Å². The number of benzene rings is 2. The summed E-state index contributed by atoms with van der Waals surface area (Å²) in [7, 11) is 3.35. The van der Waals surface area contributed by atoms with Gasteiger partial charge < -0.3 is 14.8 Å². The summed E-state index contributed by atoms with van der Waals surface area (Å²) in [6.45, 7) is 4.66. The Bertz CT molecular complexity index is 755. The van der Waals surface area contributed by atoms with Crippen molar-refractivity contribution in [2.45, 2.75) is 20.5 Å². The average molecular weight is 357 g/mol. The summed E-state index contributed by atoms with van der Waals surface area (Å²) < 4.78 is 11.3. The number of aryl methyl sites for hydroxylation is 2. The quantitative estimate of drug-likeness (QED) is 0.472. The first-order valence-corrected chi connectivity index (χ1v) is 8.31. The lowest BCUT2D eigenvalue weighted by molar-refractivity contribution is 0.284. The van der Waals surface area contributed by atoms with Crippen LogP contribution in [-0.2, 0) is 6.61 Å². The SMILES string of the molecule is CNC(=S)NN=Cc1ccc(OCc2cc(C)cc(C)c2)c(OC)c1. The molecule has 2 N–H and O–H groups in total. The number of nitrogens with one attached hydrogen (secondary N) is 2.